The van der Waals surface area contributed by atoms with Crippen LogP contribution in [-0.2, 0) is 11.2 Å². The van der Waals surface area contributed by atoms with Crippen LogP contribution in [0.15, 0.2) is 18.5 Å². The zero-order valence-corrected chi connectivity index (χ0v) is 7.64. The highest BCUT2D eigenvalue weighted by molar-refractivity contribution is 6.30. The normalized spacial score (nSPS) is 9.83. The quantitative estimate of drug-likeness (QED) is 0.720. The van der Waals surface area contributed by atoms with E-state index in [0.717, 1.165) is 12.0 Å². The lowest BCUT2D eigenvalue weighted by Gasteiger charge is -1.97. The molecule has 0 atom stereocenters. The van der Waals surface area contributed by atoms with Crippen molar-refractivity contribution in [3.05, 3.63) is 29.0 Å². The number of carbonyl (C=O) groups excluding carboxylic acids is 1. The Kier molecular flexibility index (Phi) is 3.23. The number of carbonyl (C=O) groups is 1. The summed E-state index contributed by atoms with van der Waals surface area (Å²) in [6, 6.07) is 1.83. The fourth-order valence-electron chi connectivity index (χ4n) is 0.913. The zero-order chi connectivity index (χ0) is 8.97. The maximum absolute atomic E-state index is 10.6. The van der Waals surface area contributed by atoms with Crippen LogP contribution < -0.4 is 0 Å². The van der Waals surface area contributed by atoms with Crippen molar-refractivity contribution in [3.8, 4) is 0 Å². The van der Waals surface area contributed by atoms with Gasteiger partial charge in [-0.15, -0.1) is 0 Å². The third-order valence-corrected chi connectivity index (χ3v) is 1.73. The first-order chi connectivity index (χ1) is 5.68. The number of nitrogens with zero attached hydrogens (tertiary/aromatic N) is 1. The first-order valence-corrected chi connectivity index (χ1v) is 4.15. The second-order valence-electron chi connectivity index (χ2n) is 2.71. The molecule has 0 N–H and O–H groups in total. The van der Waals surface area contributed by atoms with E-state index in [1.807, 2.05) is 6.07 Å². The van der Waals surface area contributed by atoms with Crippen LogP contribution in [0, 0.1) is 0 Å². The van der Waals surface area contributed by atoms with Crippen molar-refractivity contribution in [2.45, 2.75) is 19.8 Å². The summed E-state index contributed by atoms with van der Waals surface area (Å²) >= 11 is 5.71. The number of halogens is 1. The third kappa shape index (κ3) is 3.01. The van der Waals surface area contributed by atoms with Crippen molar-refractivity contribution in [2.75, 3.05) is 0 Å². The van der Waals surface area contributed by atoms with Crippen LogP contribution in [-0.4, -0.2) is 10.8 Å². The smallest absolute Gasteiger partial charge is 0.130 e. The Morgan fingerprint density at radius 3 is 2.92 bits per heavy atom. The second-order valence-corrected chi connectivity index (χ2v) is 3.15. The van der Waals surface area contributed by atoms with Gasteiger partial charge < -0.3 is 4.79 Å². The van der Waals surface area contributed by atoms with Crippen molar-refractivity contribution in [2.24, 2.45) is 0 Å². The van der Waals surface area contributed by atoms with Crippen LogP contribution in [0.3, 0.4) is 0 Å². The third-order valence-electron chi connectivity index (χ3n) is 1.53. The van der Waals surface area contributed by atoms with Gasteiger partial charge in [0.05, 0.1) is 5.02 Å². The number of Topliss-reactive ketones (excluding diaryl/α,β-unsaturated/α-hetero) is 1. The molecule has 0 saturated heterocycles. The first-order valence-electron chi connectivity index (χ1n) is 3.77. The second kappa shape index (κ2) is 4.21. The summed E-state index contributed by atoms with van der Waals surface area (Å²) in [6.45, 7) is 1.58. The molecule has 0 aromatic carbocycles. The lowest BCUT2D eigenvalue weighted by Crippen LogP contribution is -1.94. The van der Waals surface area contributed by atoms with Crippen molar-refractivity contribution in [3.63, 3.8) is 0 Å². The SMILES string of the molecule is CC(=O)CCc1cncc(Cl)c1. The molecule has 1 rings (SSSR count). The highest BCUT2D eigenvalue weighted by atomic mass is 35.5. The molecule has 3 heteroatoms. The van der Waals surface area contributed by atoms with Gasteiger partial charge in [-0.2, -0.15) is 0 Å². The average Bonchev–Trinajstić information content (AvgIpc) is 2.01. The molecule has 0 aliphatic heterocycles. The summed E-state index contributed by atoms with van der Waals surface area (Å²) in [5.74, 6) is 0.190. The summed E-state index contributed by atoms with van der Waals surface area (Å²) in [6.07, 6.45) is 4.60. The molecule has 0 radical (unpaired) electrons. The summed E-state index contributed by atoms with van der Waals surface area (Å²) in [5.41, 5.74) is 1.01. The lowest BCUT2D eigenvalue weighted by molar-refractivity contribution is -0.116. The van der Waals surface area contributed by atoms with E-state index in [1.165, 1.54) is 0 Å². The molecule has 0 aliphatic rings. The van der Waals surface area contributed by atoms with E-state index in [1.54, 1.807) is 19.3 Å². The zero-order valence-electron chi connectivity index (χ0n) is 6.88. The van der Waals surface area contributed by atoms with Crippen molar-refractivity contribution < 1.29 is 4.79 Å². The highest BCUT2D eigenvalue weighted by Gasteiger charge is 1.97. The molecule has 2 nitrogen and oxygen atoms in total. The first kappa shape index (κ1) is 9.20. The number of ketones is 1. The molecular weight excluding hydrogens is 174 g/mol. The number of hydrogen-bond donors (Lipinski definition) is 0. The lowest BCUT2D eigenvalue weighted by atomic mass is 10.1. The molecule has 0 amide bonds. The van der Waals surface area contributed by atoms with Gasteiger partial charge >= 0.3 is 0 Å². The topological polar surface area (TPSA) is 30.0 Å². The predicted molar refractivity (Wildman–Crippen MR) is 48.2 cm³/mol. The number of aryl methyl sites for hydroxylation is 1. The molecule has 0 spiro atoms. The largest absolute Gasteiger partial charge is 0.300 e. The standard InChI is InChI=1S/C9H10ClNO/c1-7(12)2-3-8-4-9(10)6-11-5-8/h4-6H,2-3H2,1H3. The van der Waals surface area contributed by atoms with E-state index in [4.69, 9.17) is 11.6 Å². The number of rotatable bonds is 3. The molecule has 1 heterocycles. The fourth-order valence-corrected chi connectivity index (χ4v) is 1.11. The van der Waals surface area contributed by atoms with E-state index in [9.17, 15) is 4.79 Å². The van der Waals surface area contributed by atoms with Crippen LogP contribution in [0.5, 0.6) is 0 Å². The Balaban J connectivity index is 2.57. The van der Waals surface area contributed by atoms with Gasteiger partial charge in [0.2, 0.25) is 0 Å². The van der Waals surface area contributed by atoms with Gasteiger partial charge in [-0.1, -0.05) is 11.6 Å². The predicted octanol–water partition coefficient (Wildman–Crippen LogP) is 2.26. The minimum Gasteiger partial charge on any atom is -0.300 e. The average molecular weight is 184 g/mol. The Morgan fingerprint density at radius 2 is 2.33 bits per heavy atom. The van der Waals surface area contributed by atoms with Crippen molar-refractivity contribution >= 4 is 17.4 Å². The summed E-state index contributed by atoms with van der Waals surface area (Å²) in [7, 11) is 0. The summed E-state index contributed by atoms with van der Waals surface area (Å²) in [4.78, 5) is 14.6. The summed E-state index contributed by atoms with van der Waals surface area (Å²) < 4.78 is 0. The van der Waals surface area contributed by atoms with Crippen molar-refractivity contribution in [1.82, 2.24) is 4.98 Å². The van der Waals surface area contributed by atoms with Crippen LogP contribution in [0.2, 0.25) is 5.02 Å². The monoisotopic (exact) mass is 183 g/mol. The van der Waals surface area contributed by atoms with Gasteiger partial charge in [0.15, 0.2) is 0 Å². The van der Waals surface area contributed by atoms with E-state index >= 15 is 0 Å². The molecule has 1 aromatic heterocycles. The van der Waals surface area contributed by atoms with E-state index in [-0.39, 0.29) is 5.78 Å². The molecule has 12 heavy (non-hydrogen) atoms. The van der Waals surface area contributed by atoms with Gasteiger partial charge in [-0.3, -0.25) is 4.98 Å². The maximum atomic E-state index is 10.6. The van der Waals surface area contributed by atoms with Crippen LogP contribution in [0.1, 0.15) is 18.9 Å². The molecule has 0 bridgehead atoms. The Hall–Kier alpha value is -0.890. The van der Waals surface area contributed by atoms with Crippen LogP contribution in [0.4, 0.5) is 0 Å². The van der Waals surface area contributed by atoms with Gasteiger partial charge in [-0.25, -0.2) is 0 Å². The number of aromatic nitrogens is 1. The molecule has 0 saturated carbocycles. The van der Waals surface area contributed by atoms with Crippen molar-refractivity contribution in [1.29, 1.82) is 0 Å². The Bertz CT molecular complexity index is 286. The fraction of sp³-hybridized carbons (Fsp3) is 0.333. The molecule has 1 aromatic rings. The summed E-state index contributed by atoms with van der Waals surface area (Å²) in [5, 5.41) is 0.621. The van der Waals surface area contributed by atoms with E-state index in [2.05, 4.69) is 4.98 Å². The molecule has 0 unspecified atom stereocenters. The molecule has 0 aliphatic carbocycles. The molecule has 64 valence electrons. The van der Waals surface area contributed by atoms with Gasteiger partial charge in [-0.05, 0) is 25.0 Å². The Labute approximate surface area is 76.6 Å². The minimum atomic E-state index is 0.190. The van der Waals surface area contributed by atoms with Gasteiger partial charge in [0.25, 0.3) is 0 Å². The van der Waals surface area contributed by atoms with E-state index in [0.29, 0.717) is 11.4 Å². The molecule has 0 fully saturated rings. The van der Waals surface area contributed by atoms with Crippen LogP contribution in [0.25, 0.3) is 0 Å². The maximum Gasteiger partial charge on any atom is 0.130 e. The highest BCUT2D eigenvalue weighted by Crippen LogP contribution is 2.09. The van der Waals surface area contributed by atoms with Gasteiger partial charge in [0.1, 0.15) is 5.78 Å². The van der Waals surface area contributed by atoms with E-state index < -0.39 is 0 Å². The molecular formula is C9H10ClNO. The van der Waals surface area contributed by atoms with Gasteiger partial charge in [0, 0.05) is 18.8 Å². The minimum absolute atomic E-state index is 0.190. The number of pyridine rings is 1. The number of hydrogen-bond acceptors (Lipinski definition) is 2. The van der Waals surface area contributed by atoms with Crippen LogP contribution >= 0.6 is 11.6 Å². The Morgan fingerprint density at radius 1 is 1.58 bits per heavy atom.